The molecule has 0 amide bonds. The molecule has 6 nitrogen and oxygen atoms in total. The fraction of sp³-hybridized carbons (Fsp3) is 0.629. The second-order valence-corrected chi connectivity index (χ2v) is 12.8. The maximum atomic E-state index is 5.39. The fourth-order valence-electron chi connectivity index (χ4n) is 4.12. The Morgan fingerprint density at radius 1 is 0.829 bits per heavy atom. The number of aromatic nitrogens is 4. The molecule has 6 heteroatoms. The van der Waals surface area contributed by atoms with Gasteiger partial charge in [0.25, 0.3) is 0 Å². The van der Waals surface area contributed by atoms with Gasteiger partial charge in [0, 0.05) is 56.9 Å². The molecule has 1 aliphatic heterocycles. The van der Waals surface area contributed by atoms with E-state index in [1.165, 1.54) is 29.8 Å². The largest absolute Gasteiger partial charge is 0.466 e. The summed E-state index contributed by atoms with van der Waals surface area (Å²) in [6.45, 7) is 19.8. The molecule has 0 atom stereocenters. The molecular weight excluding hydrogens is 506 g/mol. The molecular formula is C35H59N5O. The zero-order chi connectivity index (χ0) is 30.8. The quantitative estimate of drug-likeness (QED) is 0.246. The van der Waals surface area contributed by atoms with Crippen LogP contribution in [0.2, 0.25) is 0 Å². The first kappa shape index (κ1) is 36.1. The Kier molecular flexibility index (Phi) is 17.7. The van der Waals surface area contributed by atoms with Gasteiger partial charge in [0.15, 0.2) is 0 Å². The van der Waals surface area contributed by atoms with Crippen LogP contribution < -0.4 is 0 Å². The van der Waals surface area contributed by atoms with Gasteiger partial charge in [0.05, 0.1) is 12.5 Å². The second-order valence-electron chi connectivity index (χ2n) is 12.8. The van der Waals surface area contributed by atoms with E-state index in [4.69, 9.17) is 4.42 Å². The van der Waals surface area contributed by atoms with Crippen molar-refractivity contribution in [3.05, 3.63) is 71.6 Å². The van der Waals surface area contributed by atoms with E-state index in [2.05, 4.69) is 93.4 Å². The molecule has 1 aliphatic rings. The van der Waals surface area contributed by atoms with Gasteiger partial charge in [-0.25, -0.2) is 4.98 Å². The van der Waals surface area contributed by atoms with Crippen LogP contribution in [0.25, 0.3) is 0 Å². The van der Waals surface area contributed by atoms with Gasteiger partial charge >= 0.3 is 0 Å². The van der Waals surface area contributed by atoms with E-state index < -0.39 is 0 Å². The highest BCUT2D eigenvalue weighted by atomic mass is 16.3. The third-order valence-electron chi connectivity index (χ3n) is 6.40. The van der Waals surface area contributed by atoms with Crippen LogP contribution in [0.15, 0.2) is 58.2 Å². The summed E-state index contributed by atoms with van der Waals surface area (Å²) in [6, 6.07) is 4.06. The number of hydrogen-bond acceptors (Lipinski definition) is 4. The lowest BCUT2D eigenvalue weighted by Crippen LogP contribution is -1.97. The Hall–Kier alpha value is -2.89. The van der Waals surface area contributed by atoms with E-state index in [1.54, 1.807) is 0 Å². The van der Waals surface area contributed by atoms with Gasteiger partial charge in [0.2, 0.25) is 0 Å². The molecule has 0 spiro atoms. The lowest BCUT2D eigenvalue weighted by Gasteiger charge is -2.04. The molecule has 0 aliphatic carbocycles. The predicted octanol–water partition coefficient (Wildman–Crippen LogP) is 9.19. The van der Waals surface area contributed by atoms with Gasteiger partial charge in [-0.05, 0) is 80.4 Å². The van der Waals surface area contributed by atoms with Crippen LogP contribution in [-0.4, -0.2) is 25.5 Å². The van der Waals surface area contributed by atoms with E-state index in [1.807, 2.05) is 56.7 Å². The van der Waals surface area contributed by atoms with Crippen molar-refractivity contribution < 1.29 is 4.42 Å². The zero-order valence-electron chi connectivity index (χ0n) is 28.0. The molecule has 0 saturated heterocycles. The second kappa shape index (κ2) is 20.1. The molecule has 0 radical (unpaired) electrons. The monoisotopic (exact) mass is 565 g/mol. The van der Waals surface area contributed by atoms with E-state index in [0.29, 0.717) is 5.92 Å². The first-order chi connectivity index (χ1) is 19.3. The molecule has 0 fully saturated rings. The van der Waals surface area contributed by atoms with Crippen LogP contribution >= 0.6 is 0 Å². The molecule has 230 valence electrons. The smallest absolute Gasteiger partial charge is 0.104 e. The van der Waals surface area contributed by atoms with Gasteiger partial charge in [-0.3, -0.25) is 9.67 Å². The van der Waals surface area contributed by atoms with Gasteiger partial charge in [0.1, 0.15) is 11.5 Å². The average Bonchev–Trinajstić information content (AvgIpc) is 3.68. The zero-order valence-corrected chi connectivity index (χ0v) is 28.0. The number of furan rings is 1. The normalized spacial score (nSPS) is 12.2. The Morgan fingerprint density at radius 2 is 1.49 bits per heavy atom. The summed E-state index contributed by atoms with van der Waals surface area (Å²) in [6.07, 6.45) is 20.1. The summed E-state index contributed by atoms with van der Waals surface area (Å²) in [5.41, 5.74) is 3.95. The van der Waals surface area contributed by atoms with Gasteiger partial charge < -0.3 is 8.98 Å². The van der Waals surface area contributed by atoms with Crippen molar-refractivity contribution in [1.82, 2.24) is 19.3 Å². The van der Waals surface area contributed by atoms with Crippen molar-refractivity contribution in [2.24, 2.45) is 42.8 Å². The molecule has 4 rings (SSSR count). The Labute approximate surface area is 251 Å². The predicted molar refractivity (Wildman–Crippen MR) is 175 cm³/mol. The van der Waals surface area contributed by atoms with Gasteiger partial charge in [-0.15, -0.1) is 0 Å². The minimum Gasteiger partial charge on any atom is -0.466 e. The number of hydrogen-bond donors (Lipinski definition) is 0. The van der Waals surface area contributed by atoms with Crippen LogP contribution in [0.1, 0.15) is 104 Å². The Balaban J connectivity index is 0.000000274. The minimum atomic E-state index is 0.686. The maximum Gasteiger partial charge on any atom is 0.104 e. The fourth-order valence-corrected chi connectivity index (χ4v) is 4.12. The van der Waals surface area contributed by atoms with Crippen molar-refractivity contribution in [2.45, 2.75) is 107 Å². The van der Waals surface area contributed by atoms with Crippen molar-refractivity contribution >= 4 is 6.21 Å². The summed E-state index contributed by atoms with van der Waals surface area (Å²) in [7, 11) is 3.99. The molecule has 4 heterocycles. The summed E-state index contributed by atoms with van der Waals surface area (Å²) >= 11 is 0. The topological polar surface area (TPSA) is 61.1 Å². The summed E-state index contributed by atoms with van der Waals surface area (Å²) in [5.74, 6) is 5.11. The first-order valence-corrected chi connectivity index (χ1v) is 15.5. The van der Waals surface area contributed by atoms with E-state index in [-0.39, 0.29) is 0 Å². The highest BCUT2D eigenvalue weighted by Crippen LogP contribution is 2.15. The van der Waals surface area contributed by atoms with Crippen molar-refractivity contribution in [3.63, 3.8) is 0 Å². The molecule has 0 aromatic carbocycles. The SMILES string of the molecule is CC(C)CCC1=CCC=N1.CC(C)CCc1cncn1C.CC(C)Cc1cnn(C)c1.Cc1ccc(CC(C)C)o1. The number of aliphatic imine (C=N–C) groups is 1. The van der Waals surface area contributed by atoms with Crippen LogP contribution in [0.3, 0.4) is 0 Å². The number of rotatable bonds is 10. The van der Waals surface area contributed by atoms with Crippen molar-refractivity contribution in [3.8, 4) is 0 Å². The summed E-state index contributed by atoms with van der Waals surface area (Å²) in [4.78, 5) is 8.31. The Bertz CT molecular complexity index is 1080. The third-order valence-corrected chi connectivity index (χ3v) is 6.40. The Morgan fingerprint density at radius 3 is 1.93 bits per heavy atom. The van der Waals surface area contributed by atoms with E-state index in [9.17, 15) is 0 Å². The molecule has 0 unspecified atom stereocenters. The van der Waals surface area contributed by atoms with E-state index >= 15 is 0 Å². The lowest BCUT2D eigenvalue weighted by atomic mass is 10.1. The molecule has 41 heavy (non-hydrogen) atoms. The highest BCUT2D eigenvalue weighted by Gasteiger charge is 2.02. The van der Waals surface area contributed by atoms with Crippen LogP contribution in [0, 0.1) is 30.6 Å². The molecule has 0 saturated carbocycles. The third kappa shape index (κ3) is 18.2. The number of allylic oxidation sites excluding steroid dienone is 2. The average molecular weight is 566 g/mol. The lowest BCUT2D eigenvalue weighted by molar-refractivity contribution is 0.453. The van der Waals surface area contributed by atoms with Gasteiger partial charge in [-0.2, -0.15) is 5.10 Å². The summed E-state index contributed by atoms with van der Waals surface area (Å²) < 4.78 is 9.32. The maximum absolute atomic E-state index is 5.39. The van der Waals surface area contributed by atoms with Crippen molar-refractivity contribution in [1.29, 1.82) is 0 Å². The minimum absolute atomic E-state index is 0.686. The number of imidazole rings is 1. The summed E-state index contributed by atoms with van der Waals surface area (Å²) in [5, 5.41) is 4.09. The van der Waals surface area contributed by atoms with Crippen LogP contribution in [0.4, 0.5) is 0 Å². The van der Waals surface area contributed by atoms with Crippen LogP contribution in [0.5, 0.6) is 0 Å². The highest BCUT2D eigenvalue weighted by molar-refractivity contribution is 5.64. The van der Waals surface area contributed by atoms with Crippen LogP contribution in [-0.2, 0) is 33.4 Å². The molecule has 3 aromatic heterocycles. The molecule has 0 N–H and O–H groups in total. The van der Waals surface area contributed by atoms with E-state index in [0.717, 1.165) is 61.4 Å². The van der Waals surface area contributed by atoms with Crippen molar-refractivity contribution in [2.75, 3.05) is 0 Å². The molecule has 0 bridgehead atoms. The molecule has 3 aromatic rings. The van der Waals surface area contributed by atoms with Gasteiger partial charge in [-0.1, -0.05) is 61.5 Å². The number of aryl methyl sites for hydroxylation is 4. The standard InChI is InChI=1S/C9H16N2.C9H15N.C9H14O.C8H14N2/c1-8(2)4-5-9-6-10-7-11(9)3;1-8(2)5-6-9-4-3-7-10-9;1-7(2)6-9-5-4-8(3)10-9;1-7(2)4-8-5-9-10(3)6-8/h6-8H,4-5H2,1-3H3;4,7-8H,3,5-6H2,1-2H3;4-5,7H,6H2,1-3H3;5-7H,4H2,1-3H3. The first-order valence-electron chi connectivity index (χ1n) is 15.5. The number of nitrogens with zero attached hydrogens (tertiary/aromatic N) is 5.